The molecule has 1 amide bonds. The van der Waals surface area contributed by atoms with E-state index < -0.39 is 0 Å². The first-order valence-electron chi connectivity index (χ1n) is 6.50. The first kappa shape index (κ1) is 14.1. The summed E-state index contributed by atoms with van der Waals surface area (Å²) in [5.41, 5.74) is 1.39. The molecule has 5 nitrogen and oxygen atoms in total. The average Bonchev–Trinajstić information content (AvgIpc) is 2.83. The van der Waals surface area contributed by atoms with Crippen molar-refractivity contribution in [1.82, 2.24) is 10.3 Å². The van der Waals surface area contributed by atoms with Crippen molar-refractivity contribution in [3.05, 3.63) is 47.5 Å². The van der Waals surface area contributed by atoms with E-state index in [4.69, 9.17) is 9.15 Å². The summed E-state index contributed by atoms with van der Waals surface area (Å²) < 4.78 is 10.7. The number of carbonyl (C=O) groups is 1. The lowest BCUT2D eigenvalue weighted by molar-refractivity contribution is 0.0949. The minimum absolute atomic E-state index is 0.0375. The van der Waals surface area contributed by atoms with Crippen molar-refractivity contribution in [2.45, 2.75) is 33.4 Å². The molecule has 0 radical (unpaired) electrons. The zero-order chi connectivity index (χ0) is 14.5. The first-order chi connectivity index (χ1) is 9.58. The van der Waals surface area contributed by atoms with Gasteiger partial charge in [-0.25, -0.2) is 4.98 Å². The number of hydrogen-bond donors (Lipinski definition) is 1. The third-order valence-corrected chi connectivity index (χ3v) is 2.74. The van der Waals surface area contributed by atoms with Crippen molar-refractivity contribution >= 4 is 5.91 Å². The van der Waals surface area contributed by atoms with E-state index in [1.54, 1.807) is 19.2 Å². The number of amides is 1. The molecule has 2 aromatic rings. The van der Waals surface area contributed by atoms with Gasteiger partial charge >= 0.3 is 0 Å². The van der Waals surface area contributed by atoms with E-state index in [0.29, 0.717) is 23.7 Å². The van der Waals surface area contributed by atoms with Crippen LogP contribution in [0.25, 0.3) is 0 Å². The number of furan rings is 1. The highest BCUT2D eigenvalue weighted by molar-refractivity contribution is 5.94. The standard InChI is InChI=1S/C15H18N2O3/c1-10(2)20-15-12(5-4-7-16-15)9-17-14(18)13-6-8-19-11(13)3/h4-8,10H,9H2,1-3H3,(H,17,18). The van der Waals surface area contributed by atoms with Gasteiger partial charge in [0.2, 0.25) is 5.88 Å². The second-order valence-corrected chi connectivity index (χ2v) is 4.71. The summed E-state index contributed by atoms with van der Waals surface area (Å²) in [5.74, 6) is 0.981. The number of carbonyl (C=O) groups excluding carboxylic acids is 1. The maximum Gasteiger partial charge on any atom is 0.255 e. The summed E-state index contributed by atoms with van der Waals surface area (Å²) in [6.45, 7) is 5.99. The van der Waals surface area contributed by atoms with Crippen LogP contribution in [0.3, 0.4) is 0 Å². The van der Waals surface area contributed by atoms with Crippen molar-refractivity contribution in [1.29, 1.82) is 0 Å². The Morgan fingerprint density at radius 2 is 2.25 bits per heavy atom. The molecule has 0 aliphatic carbocycles. The largest absolute Gasteiger partial charge is 0.475 e. The summed E-state index contributed by atoms with van der Waals surface area (Å²) in [7, 11) is 0. The van der Waals surface area contributed by atoms with Crippen LogP contribution in [0.15, 0.2) is 35.1 Å². The molecule has 0 saturated heterocycles. The molecule has 0 spiro atoms. The number of pyridine rings is 1. The van der Waals surface area contributed by atoms with Crippen molar-refractivity contribution < 1.29 is 13.9 Å². The predicted molar refractivity (Wildman–Crippen MR) is 74.6 cm³/mol. The van der Waals surface area contributed by atoms with E-state index >= 15 is 0 Å². The number of hydrogen-bond acceptors (Lipinski definition) is 4. The van der Waals surface area contributed by atoms with Gasteiger partial charge in [-0.2, -0.15) is 0 Å². The average molecular weight is 274 g/mol. The van der Waals surface area contributed by atoms with Crippen LogP contribution in [0.2, 0.25) is 0 Å². The summed E-state index contributed by atoms with van der Waals surface area (Å²) in [5, 5.41) is 2.84. The maximum absolute atomic E-state index is 12.0. The van der Waals surface area contributed by atoms with Crippen LogP contribution >= 0.6 is 0 Å². The molecule has 0 aromatic carbocycles. The second-order valence-electron chi connectivity index (χ2n) is 4.71. The Morgan fingerprint density at radius 3 is 2.90 bits per heavy atom. The van der Waals surface area contributed by atoms with Gasteiger partial charge in [-0.05, 0) is 32.9 Å². The van der Waals surface area contributed by atoms with Crippen LogP contribution < -0.4 is 10.1 Å². The Balaban J connectivity index is 2.04. The van der Waals surface area contributed by atoms with Crippen molar-refractivity contribution in [2.75, 3.05) is 0 Å². The van der Waals surface area contributed by atoms with Crippen LogP contribution in [0.4, 0.5) is 0 Å². The lowest BCUT2D eigenvalue weighted by atomic mass is 10.2. The molecule has 2 aromatic heterocycles. The number of nitrogens with one attached hydrogen (secondary N) is 1. The van der Waals surface area contributed by atoms with Crippen molar-refractivity contribution in [3.63, 3.8) is 0 Å². The Bertz CT molecular complexity index is 590. The van der Waals surface area contributed by atoms with Crippen LogP contribution in [0, 0.1) is 6.92 Å². The summed E-state index contributed by atoms with van der Waals surface area (Å²) >= 11 is 0. The Kier molecular flexibility index (Phi) is 4.40. The molecule has 0 aliphatic heterocycles. The SMILES string of the molecule is Cc1occc1C(=O)NCc1cccnc1OC(C)C. The van der Waals surface area contributed by atoms with E-state index in [0.717, 1.165) is 5.56 Å². The zero-order valence-corrected chi connectivity index (χ0v) is 11.8. The van der Waals surface area contributed by atoms with E-state index in [-0.39, 0.29) is 12.0 Å². The van der Waals surface area contributed by atoms with E-state index in [1.807, 2.05) is 26.0 Å². The number of rotatable bonds is 5. The fraction of sp³-hybridized carbons (Fsp3) is 0.333. The van der Waals surface area contributed by atoms with Crippen LogP contribution in [0.1, 0.15) is 35.5 Å². The first-order valence-corrected chi connectivity index (χ1v) is 6.50. The van der Waals surface area contributed by atoms with Crippen molar-refractivity contribution in [2.24, 2.45) is 0 Å². The quantitative estimate of drug-likeness (QED) is 0.910. The van der Waals surface area contributed by atoms with E-state index in [9.17, 15) is 4.79 Å². The zero-order valence-electron chi connectivity index (χ0n) is 11.8. The van der Waals surface area contributed by atoms with Gasteiger partial charge in [-0.1, -0.05) is 6.07 Å². The third kappa shape index (κ3) is 3.38. The van der Waals surface area contributed by atoms with Gasteiger partial charge in [0.1, 0.15) is 5.76 Å². The minimum Gasteiger partial charge on any atom is -0.475 e. The van der Waals surface area contributed by atoms with Gasteiger partial charge < -0.3 is 14.5 Å². The summed E-state index contributed by atoms with van der Waals surface area (Å²) in [6, 6.07) is 5.35. The fourth-order valence-corrected chi connectivity index (χ4v) is 1.78. The predicted octanol–water partition coefficient (Wildman–Crippen LogP) is 2.70. The molecule has 0 saturated carbocycles. The highest BCUT2D eigenvalue weighted by Crippen LogP contribution is 2.16. The molecular weight excluding hydrogens is 256 g/mol. The number of nitrogens with zero attached hydrogens (tertiary/aromatic N) is 1. The third-order valence-electron chi connectivity index (χ3n) is 2.74. The van der Waals surface area contributed by atoms with E-state index in [2.05, 4.69) is 10.3 Å². The molecular formula is C15H18N2O3. The molecule has 0 bridgehead atoms. The smallest absolute Gasteiger partial charge is 0.255 e. The topological polar surface area (TPSA) is 64.4 Å². The highest BCUT2D eigenvalue weighted by atomic mass is 16.5. The second kappa shape index (κ2) is 6.23. The number of ether oxygens (including phenoxy) is 1. The van der Waals surface area contributed by atoms with E-state index in [1.165, 1.54) is 6.26 Å². The van der Waals surface area contributed by atoms with Crippen LogP contribution in [-0.4, -0.2) is 17.0 Å². The van der Waals surface area contributed by atoms with Gasteiger partial charge in [0, 0.05) is 18.3 Å². The lowest BCUT2D eigenvalue weighted by Gasteiger charge is -2.13. The summed E-state index contributed by atoms with van der Waals surface area (Å²) in [6.07, 6.45) is 3.21. The van der Waals surface area contributed by atoms with Crippen LogP contribution in [0.5, 0.6) is 5.88 Å². The van der Waals surface area contributed by atoms with Gasteiger partial charge in [0.15, 0.2) is 0 Å². The Labute approximate surface area is 118 Å². The molecule has 0 aliphatic rings. The molecule has 0 unspecified atom stereocenters. The molecule has 0 atom stereocenters. The monoisotopic (exact) mass is 274 g/mol. The molecule has 2 heterocycles. The number of aryl methyl sites for hydroxylation is 1. The normalized spacial score (nSPS) is 10.6. The van der Waals surface area contributed by atoms with Gasteiger partial charge in [-0.15, -0.1) is 0 Å². The minimum atomic E-state index is -0.171. The Hall–Kier alpha value is -2.30. The molecule has 5 heteroatoms. The number of aromatic nitrogens is 1. The van der Waals surface area contributed by atoms with Gasteiger partial charge in [0.25, 0.3) is 5.91 Å². The van der Waals surface area contributed by atoms with Gasteiger partial charge in [0.05, 0.1) is 17.9 Å². The fourth-order valence-electron chi connectivity index (χ4n) is 1.78. The lowest BCUT2D eigenvalue weighted by Crippen LogP contribution is -2.23. The maximum atomic E-state index is 12.0. The molecule has 1 N–H and O–H groups in total. The van der Waals surface area contributed by atoms with Gasteiger partial charge in [-0.3, -0.25) is 4.79 Å². The van der Waals surface area contributed by atoms with Crippen molar-refractivity contribution in [3.8, 4) is 5.88 Å². The summed E-state index contributed by atoms with van der Waals surface area (Å²) in [4.78, 5) is 16.2. The molecule has 0 fully saturated rings. The molecule has 20 heavy (non-hydrogen) atoms. The Morgan fingerprint density at radius 1 is 1.45 bits per heavy atom. The van der Waals surface area contributed by atoms with Crippen LogP contribution in [-0.2, 0) is 6.54 Å². The highest BCUT2D eigenvalue weighted by Gasteiger charge is 2.12. The molecule has 106 valence electrons. The molecule has 2 rings (SSSR count).